The van der Waals surface area contributed by atoms with Crippen molar-refractivity contribution in [2.75, 3.05) is 40.8 Å². The van der Waals surface area contributed by atoms with Crippen molar-refractivity contribution in [3.8, 4) is 0 Å². The molecule has 17 heteroatoms. The first-order valence-electron chi connectivity index (χ1n) is 17.3. The lowest BCUT2D eigenvalue weighted by atomic mass is 9.83. The normalized spacial score (nSPS) is 21.8. The van der Waals surface area contributed by atoms with Gasteiger partial charge in [-0.3, -0.25) is 48.3 Å². The van der Waals surface area contributed by atoms with Gasteiger partial charge >= 0.3 is 0 Å². The van der Waals surface area contributed by atoms with Gasteiger partial charge in [0.25, 0.3) is 0 Å². The summed E-state index contributed by atoms with van der Waals surface area (Å²) in [6.45, 7) is 6.04. The minimum Gasteiger partial charge on any atom is -0.500 e. The Kier molecular flexibility index (Phi) is 14.2. The second-order valence-corrected chi connectivity index (χ2v) is 13.7. The van der Waals surface area contributed by atoms with Crippen LogP contribution in [0, 0.1) is 0 Å². The number of nitrogens with one attached hydrogen (secondary N) is 7. The first kappa shape index (κ1) is 42.0. The van der Waals surface area contributed by atoms with E-state index in [-0.39, 0.29) is 75.3 Å². The number of aliphatic hydroxyl groups excluding tert-OH is 3. The third kappa shape index (κ3) is 10.8. The van der Waals surface area contributed by atoms with Crippen molar-refractivity contribution in [1.82, 2.24) is 21.3 Å². The average Bonchev–Trinajstić information content (AvgIpc) is 3.09. The summed E-state index contributed by atoms with van der Waals surface area (Å²) < 4.78 is 0. The van der Waals surface area contributed by atoms with Crippen LogP contribution in [-0.2, 0) is 33.6 Å². The Morgan fingerprint density at radius 3 is 1.08 bits per heavy atom. The van der Waals surface area contributed by atoms with Crippen molar-refractivity contribution in [2.45, 2.75) is 71.8 Å². The van der Waals surface area contributed by atoms with Gasteiger partial charge in [-0.15, -0.1) is 0 Å². The van der Waals surface area contributed by atoms with Crippen molar-refractivity contribution in [3.63, 3.8) is 0 Å². The van der Waals surface area contributed by atoms with Crippen LogP contribution in [-0.4, -0.2) is 103 Å². The summed E-state index contributed by atoms with van der Waals surface area (Å²) in [6.07, 6.45) is 3.43. The van der Waals surface area contributed by atoms with E-state index in [1.165, 1.54) is 25.2 Å². The Hall–Kier alpha value is -5.39. The van der Waals surface area contributed by atoms with Gasteiger partial charge in [0.2, 0.25) is 58.3 Å². The lowest BCUT2D eigenvalue weighted by Gasteiger charge is -2.35. The molecular formula is C36H52N7O10+3. The van der Waals surface area contributed by atoms with Gasteiger partial charge in [0.05, 0.1) is 40.8 Å². The van der Waals surface area contributed by atoms with Crippen LogP contribution in [0.2, 0.25) is 0 Å². The summed E-state index contributed by atoms with van der Waals surface area (Å²) in [5, 5.41) is 41.9. The van der Waals surface area contributed by atoms with Gasteiger partial charge in [0.1, 0.15) is 17.1 Å². The summed E-state index contributed by atoms with van der Waals surface area (Å²) in [7, 11) is 5.16. The number of hydrogen-bond donors (Lipinski definition) is 10. The van der Waals surface area contributed by atoms with Gasteiger partial charge in [0, 0.05) is 70.7 Å². The highest BCUT2D eigenvalue weighted by molar-refractivity contribution is 6.04. The molecule has 0 aromatic rings. The Balaban J connectivity index is 1.75. The lowest BCUT2D eigenvalue weighted by molar-refractivity contribution is -0.799. The second-order valence-electron chi connectivity index (χ2n) is 13.7. The molecule has 0 aromatic heterocycles. The summed E-state index contributed by atoms with van der Waals surface area (Å²) in [5.74, 6) is -4.97. The molecule has 3 aliphatic rings. The van der Waals surface area contributed by atoms with Crippen molar-refractivity contribution in [2.24, 2.45) is 0 Å². The molecule has 0 saturated carbocycles. The van der Waals surface area contributed by atoms with E-state index in [1.807, 2.05) is 0 Å². The van der Waals surface area contributed by atoms with E-state index >= 15 is 0 Å². The number of likely N-dealkylation sites (N-methyl/N-ethyl adjacent to an activating group) is 3. The zero-order valence-electron chi connectivity index (χ0n) is 31.3. The highest BCUT2D eigenvalue weighted by Crippen LogP contribution is 2.26. The fourth-order valence-corrected chi connectivity index (χ4v) is 6.28. The van der Waals surface area contributed by atoms with E-state index in [1.54, 1.807) is 41.9 Å². The number of rotatable bonds is 16. The van der Waals surface area contributed by atoms with Gasteiger partial charge in [-0.1, -0.05) is 0 Å². The fourth-order valence-electron chi connectivity index (χ4n) is 6.28. The number of ketones is 3. The minimum atomic E-state index is -1.24. The molecule has 3 atom stereocenters. The van der Waals surface area contributed by atoms with E-state index in [2.05, 4.69) is 21.3 Å². The Bertz CT molecular complexity index is 1580. The zero-order chi connectivity index (χ0) is 39.8. The summed E-state index contributed by atoms with van der Waals surface area (Å²) >= 11 is 0. The van der Waals surface area contributed by atoms with Gasteiger partial charge < -0.3 is 36.6 Å². The maximum absolute atomic E-state index is 13.1. The first-order chi connectivity index (χ1) is 24.8. The van der Waals surface area contributed by atoms with E-state index in [9.17, 15) is 48.9 Å². The third-order valence-corrected chi connectivity index (χ3v) is 10.1. The quantitative estimate of drug-likeness (QED) is 0.0763. The number of carbonyl (C=O) groups is 7. The molecule has 3 aliphatic heterocycles. The van der Waals surface area contributed by atoms with Crippen LogP contribution >= 0.6 is 0 Å². The SMILES string of the molecule is CC(=O)NC(CCC(=O)NCC1=C(O)C(=O)C=C(C)[NH+]1C)(CCC(=O)NCC1=C(O)C(=O)C=C(C)[NH+]1C)CCC(=O)NCC1=C(O)C(=O)C=C(C)[NH+]1C. The van der Waals surface area contributed by atoms with Crippen LogP contribution in [0.15, 0.2) is 69.7 Å². The van der Waals surface area contributed by atoms with Crippen LogP contribution in [0.1, 0.15) is 66.2 Å². The molecule has 0 bridgehead atoms. The van der Waals surface area contributed by atoms with Crippen LogP contribution in [0.5, 0.6) is 0 Å². The average molecular weight is 743 g/mol. The first-order valence-corrected chi connectivity index (χ1v) is 17.3. The smallest absolute Gasteiger partial charge is 0.231 e. The van der Waals surface area contributed by atoms with Crippen molar-refractivity contribution >= 4 is 41.0 Å². The molecule has 10 N–H and O–H groups in total. The summed E-state index contributed by atoms with van der Waals surface area (Å²) in [5.41, 5.74) is 1.56. The number of amides is 4. The van der Waals surface area contributed by atoms with Crippen LogP contribution in [0.25, 0.3) is 0 Å². The number of carbonyl (C=O) groups excluding carboxylic acids is 7. The number of hydrogen-bond acceptors (Lipinski definition) is 10. The third-order valence-electron chi connectivity index (χ3n) is 10.1. The second kappa shape index (κ2) is 17.9. The van der Waals surface area contributed by atoms with Crippen LogP contribution in [0.3, 0.4) is 0 Å². The van der Waals surface area contributed by atoms with E-state index in [0.29, 0.717) is 31.8 Å². The molecule has 0 spiro atoms. The highest BCUT2D eigenvalue weighted by Gasteiger charge is 2.35. The lowest BCUT2D eigenvalue weighted by Crippen LogP contribution is -3.06. The van der Waals surface area contributed by atoms with E-state index in [4.69, 9.17) is 0 Å². The monoisotopic (exact) mass is 742 g/mol. The van der Waals surface area contributed by atoms with Crippen LogP contribution in [0.4, 0.5) is 0 Å². The van der Waals surface area contributed by atoms with E-state index < -0.39 is 63.8 Å². The maximum atomic E-state index is 13.1. The van der Waals surface area contributed by atoms with Crippen molar-refractivity contribution in [3.05, 3.63) is 69.7 Å². The molecule has 3 heterocycles. The molecule has 0 fully saturated rings. The molecule has 0 saturated heterocycles. The Morgan fingerprint density at radius 1 is 0.566 bits per heavy atom. The number of quaternary nitrogens is 3. The molecule has 4 amide bonds. The predicted octanol–water partition coefficient (Wildman–Crippen LogP) is -3.14. The number of allylic oxidation sites excluding steroid dienone is 6. The van der Waals surface area contributed by atoms with Gasteiger partial charge in [0.15, 0.2) is 17.1 Å². The highest BCUT2D eigenvalue weighted by atomic mass is 16.3. The Morgan fingerprint density at radius 2 is 0.830 bits per heavy atom. The Labute approximate surface area is 307 Å². The molecule has 3 unspecified atom stereocenters. The molecule has 0 aliphatic carbocycles. The van der Waals surface area contributed by atoms with Crippen molar-refractivity contribution in [1.29, 1.82) is 0 Å². The van der Waals surface area contributed by atoms with Gasteiger partial charge in [-0.2, -0.15) is 0 Å². The number of aliphatic hydroxyl groups is 3. The fraction of sp³-hybridized carbons (Fsp3) is 0.472. The van der Waals surface area contributed by atoms with Crippen molar-refractivity contribution < 1.29 is 63.6 Å². The molecule has 53 heavy (non-hydrogen) atoms. The largest absolute Gasteiger partial charge is 0.500 e. The van der Waals surface area contributed by atoms with Gasteiger partial charge in [-0.25, -0.2) is 0 Å². The molecule has 17 nitrogen and oxygen atoms in total. The van der Waals surface area contributed by atoms with E-state index in [0.717, 1.165) is 0 Å². The van der Waals surface area contributed by atoms with Gasteiger partial charge in [-0.05, 0) is 19.3 Å². The maximum Gasteiger partial charge on any atom is 0.231 e. The standard InChI is InChI=1S/C36H49N7O10/c1-20-14-27(45)33(51)24(41(20)5)17-37-30(48)8-11-36(40-23(4)44,12-9-31(49)38-18-25-34(52)28(46)15-21(2)42(25)6)13-10-32(50)39-19-26-35(53)29(47)16-22(3)43(26)7/h14-16,51-53H,8-13,17-19H2,1-7H3,(H,37,48)(H,38,49)(H,39,50)(H,40,44)/p+3. The minimum absolute atomic E-state index is 0.000797. The molecule has 0 aromatic carbocycles. The van der Waals surface area contributed by atoms with Crippen LogP contribution < -0.4 is 36.0 Å². The molecule has 0 radical (unpaired) electrons. The molecular weight excluding hydrogens is 690 g/mol. The molecule has 3 rings (SSSR count). The topological polar surface area (TPSA) is 242 Å². The summed E-state index contributed by atoms with van der Waals surface area (Å²) in [4.78, 5) is 90.3. The predicted molar refractivity (Wildman–Crippen MR) is 189 cm³/mol. The molecule has 288 valence electrons. The summed E-state index contributed by atoms with van der Waals surface area (Å²) in [6, 6.07) is 0. The zero-order valence-corrected chi connectivity index (χ0v) is 31.3.